The molecule has 3 N–H and O–H groups in total. The molecule has 0 radical (unpaired) electrons. The van der Waals surface area contributed by atoms with Gasteiger partial charge in [-0.3, -0.25) is 4.98 Å². The molecule has 1 atom stereocenters. The Morgan fingerprint density at radius 2 is 1.77 bits per heavy atom. The normalized spacial score (nSPS) is 21.0. The number of piperidine rings is 1. The maximum Gasteiger partial charge on any atom is 0.281 e. The van der Waals surface area contributed by atoms with Crippen LogP contribution in [0.5, 0.6) is 0 Å². The first-order chi connectivity index (χ1) is 18.8. The van der Waals surface area contributed by atoms with Crippen LogP contribution in [0.2, 0.25) is 0 Å². The van der Waals surface area contributed by atoms with Gasteiger partial charge in [-0.1, -0.05) is 6.07 Å². The molecule has 9 nitrogen and oxygen atoms in total. The van der Waals surface area contributed by atoms with Gasteiger partial charge < -0.3 is 16.0 Å². The minimum absolute atomic E-state index is 0.180. The summed E-state index contributed by atoms with van der Waals surface area (Å²) in [4.78, 5) is 12.2. The van der Waals surface area contributed by atoms with Gasteiger partial charge in [-0.2, -0.15) is 17.0 Å². The summed E-state index contributed by atoms with van der Waals surface area (Å²) in [5.41, 5.74) is 13.7. The van der Waals surface area contributed by atoms with E-state index in [0.29, 0.717) is 13.1 Å². The molecule has 208 valence electrons. The largest absolute Gasteiger partial charge is 0.369 e. The van der Waals surface area contributed by atoms with E-state index >= 15 is 0 Å². The second-order valence-electron chi connectivity index (χ2n) is 11.4. The first-order valence-corrected chi connectivity index (χ1v) is 15.6. The molecule has 39 heavy (non-hydrogen) atoms. The molecule has 3 aromatic rings. The fraction of sp³-hybridized carbons (Fsp3) is 0.517. The Morgan fingerprint density at radius 1 is 1.00 bits per heavy atom. The number of hydrogen-bond acceptors (Lipinski definition) is 7. The fourth-order valence-electron chi connectivity index (χ4n) is 6.29. The summed E-state index contributed by atoms with van der Waals surface area (Å²) in [6.07, 6.45) is 8.92. The highest BCUT2D eigenvalue weighted by Gasteiger charge is 2.30. The number of nitrogens with two attached hydrogens (primary N) is 1. The molecule has 1 aromatic carbocycles. The molecule has 1 aliphatic carbocycles. The molecule has 4 heterocycles. The van der Waals surface area contributed by atoms with E-state index in [9.17, 15) is 8.42 Å². The lowest BCUT2D eigenvalue weighted by atomic mass is 9.91. The van der Waals surface area contributed by atoms with Crippen molar-refractivity contribution in [2.24, 2.45) is 5.73 Å². The van der Waals surface area contributed by atoms with Crippen molar-refractivity contribution in [1.82, 2.24) is 18.6 Å². The van der Waals surface area contributed by atoms with Crippen molar-refractivity contribution in [3.05, 3.63) is 47.8 Å². The van der Waals surface area contributed by atoms with Crippen molar-refractivity contribution in [2.45, 2.75) is 57.0 Å². The van der Waals surface area contributed by atoms with Gasteiger partial charge in [-0.05, 0) is 85.9 Å². The predicted octanol–water partition coefficient (Wildman–Crippen LogP) is 3.40. The number of rotatable bonds is 6. The van der Waals surface area contributed by atoms with Gasteiger partial charge >= 0.3 is 0 Å². The number of pyridine rings is 2. The molecule has 6 rings (SSSR count). The highest BCUT2D eigenvalue weighted by Crippen LogP contribution is 2.39. The van der Waals surface area contributed by atoms with Gasteiger partial charge in [-0.25, -0.2) is 4.98 Å². The maximum absolute atomic E-state index is 12.5. The zero-order valence-electron chi connectivity index (χ0n) is 22.9. The number of aryl methyl sites for hydroxylation is 1. The van der Waals surface area contributed by atoms with Gasteiger partial charge in [-0.15, -0.1) is 0 Å². The van der Waals surface area contributed by atoms with Crippen LogP contribution in [-0.2, 0) is 23.1 Å². The quantitative estimate of drug-likeness (QED) is 0.485. The number of nitrogens with one attached hydrogen (secondary N) is 1. The number of aromatic nitrogens is 2. The Bertz CT molecular complexity index is 1470. The molecule has 0 spiro atoms. The molecule has 0 unspecified atom stereocenters. The molecule has 3 aliphatic rings. The monoisotopic (exact) mass is 549 g/mol. The van der Waals surface area contributed by atoms with E-state index in [2.05, 4.69) is 45.5 Å². The smallest absolute Gasteiger partial charge is 0.281 e. The van der Waals surface area contributed by atoms with Crippen LogP contribution in [0.15, 0.2) is 36.5 Å². The molecule has 0 amide bonds. The van der Waals surface area contributed by atoms with E-state index in [1.165, 1.54) is 39.5 Å². The van der Waals surface area contributed by atoms with Gasteiger partial charge in [0.05, 0.1) is 11.2 Å². The molecular weight excluding hydrogens is 510 g/mol. The van der Waals surface area contributed by atoms with Gasteiger partial charge in [0.2, 0.25) is 0 Å². The van der Waals surface area contributed by atoms with Crippen LogP contribution < -0.4 is 16.0 Å². The average molecular weight is 550 g/mol. The molecule has 2 aliphatic heterocycles. The van der Waals surface area contributed by atoms with Gasteiger partial charge in [0.1, 0.15) is 5.82 Å². The maximum atomic E-state index is 12.5. The zero-order valence-corrected chi connectivity index (χ0v) is 23.8. The molecule has 0 bridgehead atoms. The Labute approximate surface area is 231 Å². The van der Waals surface area contributed by atoms with Crippen LogP contribution in [0, 0.1) is 0 Å². The highest BCUT2D eigenvalue weighted by molar-refractivity contribution is 7.86. The van der Waals surface area contributed by atoms with E-state index < -0.39 is 10.2 Å². The minimum Gasteiger partial charge on any atom is -0.369 e. The number of benzene rings is 1. The molecule has 10 heteroatoms. The summed E-state index contributed by atoms with van der Waals surface area (Å²) in [6, 6.07) is 11.2. The number of hydrogen-bond donors (Lipinski definition) is 2. The van der Waals surface area contributed by atoms with E-state index in [1.54, 1.807) is 18.4 Å². The second-order valence-corrected chi connectivity index (χ2v) is 13.5. The second kappa shape index (κ2) is 10.6. The third-order valence-electron chi connectivity index (χ3n) is 8.46. The Hall–Kier alpha value is -2.79. The summed E-state index contributed by atoms with van der Waals surface area (Å²) < 4.78 is 27.7. The fourth-order valence-corrected chi connectivity index (χ4v) is 7.42. The summed E-state index contributed by atoms with van der Waals surface area (Å²) in [5, 5.41) is 4.76. The van der Waals surface area contributed by atoms with Crippen LogP contribution in [0.3, 0.4) is 0 Å². The first kappa shape index (κ1) is 26.4. The third kappa shape index (κ3) is 5.23. The van der Waals surface area contributed by atoms with Gasteiger partial charge in [0.25, 0.3) is 10.2 Å². The SMILES string of the molecule is CN(C)S(=O)(=O)N1CCC(Nc2cc(-c3ccc4nc5c(c(N6CC[C@H](N)C6)c4c3)CCCC5)ccn2)CC1. The molecular formula is C29H39N7O2S. The lowest BCUT2D eigenvalue weighted by Crippen LogP contribution is -2.46. The van der Waals surface area contributed by atoms with Crippen molar-refractivity contribution in [1.29, 1.82) is 0 Å². The van der Waals surface area contributed by atoms with Crippen LogP contribution in [-0.4, -0.2) is 79.4 Å². The van der Waals surface area contributed by atoms with Crippen molar-refractivity contribution in [3.63, 3.8) is 0 Å². The summed E-state index contributed by atoms with van der Waals surface area (Å²) >= 11 is 0. The summed E-state index contributed by atoms with van der Waals surface area (Å²) in [7, 11) is -0.210. The van der Waals surface area contributed by atoms with Crippen molar-refractivity contribution < 1.29 is 8.42 Å². The summed E-state index contributed by atoms with van der Waals surface area (Å²) in [5.74, 6) is 0.816. The van der Waals surface area contributed by atoms with Crippen LogP contribution >= 0.6 is 0 Å². The van der Waals surface area contributed by atoms with Crippen molar-refractivity contribution in [2.75, 3.05) is 50.5 Å². The third-order valence-corrected chi connectivity index (χ3v) is 10.4. The minimum atomic E-state index is -3.37. The van der Waals surface area contributed by atoms with Crippen LogP contribution in [0.25, 0.3) is 22.0 Å². The summed E-state index contributed by atoms with van der Waals surface area (Å²) in [6.45, 7) is 2.90. The predicted molar refractivity (Wildman–Crippen MR) is 157 cm³/mol. The standard InChI is InChI=1S/C29H39N7O2S/c1-34(2)39(37,38)36-15-11-23(12-16-36)32-28-18-21(9-13-31-28)20-7-8-27-25(17-20)29(35-14-10-22(30)19-35)24-5-3-4-6-26(24)33-27/h7-9,13,17-18,22-23H,3-6,10-12,14-16,19,30H2,1-2H3,(H,31,32)/t22-/m0/s1. The van der Waals surface area contributed by atoms with E-state index in [0.717, 1.165) is 67.7 Å². The molecule has 2 saturated heterocycles. The Balaban J connectivity index is 1.27. The first-order valence-electron chi connectivity index (χ1n) is 14.2. The Kier molecular flexibility index (Phi) is 7.22. The van der Waals surface area contributed by atoms with Crippen molar-refractivity contribution in [3.8, 4) is 11.1 Å². The van der Waals surface area contributed by atoms with Gasteiger partial charge in [0.15, 0.2) is 0 Å². The van der Waals surface area contributed by atoms with Crippen LogP contribution in [0.1, 0.15) is 43.4 Å². The molecule has 0 saturated carbocycles. The molecule has 2 aromatic heterocycles. The highest BCUT2D eigenvalue weighted by atomic mass is 32.2. The van der Waals surface area contributed by atoms with E-state index in [4.69, 9.17) is 10.7 Å². The van der Waals surface area contributed by atoms with Crippen molar-refractivity contribution >= 4 is 32.6 Å². The lowest BCUT2D eigenvalue weighted by molar-refractivity contribution is 0.311. The topological polar surface area (TPSA) is 108 Å². The lowest BCUT2D eigenvalue weighted by Gasteiger charge is -2.33. The Morgan fingerprint density at radius 3 is 2.51 bits per heavy atom. The van der Waals surface area contributed by atoms with E-state index in [-0.39, 0.29) is 12.1 Å². The number of fused-ring (bicyclic) bond motifs is 2. The zero-order chi connectivity index (χ0) is 27.1. The number of nitrogens with zero attached hydrogens (tertiary/aromatic N) is 5. The van der Waals surface area contributed by atoms with E-state index in [1.807, 2.05) is 6.20 Å². The number of anilines is 2. The van der Waals surface area contributed by atoms with Crippen LogP contribution in [0.4, 0.5) is 11.5 Å². The average Bonchev–Trinajstić information content (AvgIpc) is 3.37. The molecule has 2 fully saturated rings. The van der Waals surface area contributed by atoms with Gasteiger partial charge in [0, 0.05) is 69.6 Å².